The lowest BCUT2D eigenvalue weighted by atomic mass is 9.96. The van der Waals surface area contributed by atoms with Gasteiger partial charge in [-0.3, -0.25) is 0 Å². The molecular formula is C30H52O26. The van der Waals surface area contributed by atoms with Crippen LogP contribution in [0.1, 0.15) is 6.92 Å². The lowest BCUT2D eigenvalue weighted by Crippen LogP contribution is -2.67. The largest absolute Gasteiger partial charge is 0.479 e. The van der Waals surface area contributed by atoms with Gasteiger partial charge in [-0.05, 0) is 6.92 Å². The summed E-state index contributed by atoms with van der Waals surface area (Å²) in [4.78, 5) is 11.5. The van der Waals surface area contributed by atoms with Crippen molar-refractivity contribution in [3.63, 3.8) is 0 Å². The quantitative estimate of drug-likeness (QED) is 0.0687. The highest BCUT2D eigenvalue weighted by atomic mass is 16.8. The van der Waals surface area contributed by atoms with E-state index in [0.717, 1.165) is 6.92 Å². The topological polar surface area (TPSA) is 435 Å². The molecule has 0 radical (unpaired) electrons. The van der Waals surface area contributed by atoms with Crippen LogP contribution in [0, 0.1) is 0 Å². The van der Waals surface area contributed by atoms with Crippen molar-refractivity contribution in [1.29, 1.82) is 0 Å². The number of aliphatic carboxylic acids is 1. The van der Waals surface area contributed by atoms with Crippen LogP contribution in [0.15, 0.2) is 0 Å². The lowest BCUT2D eigenvalue weighted by molar-refractivity contribution is -0.383. The summed E-state index contributed by atoms with van der Waals surface area (Å²) in [6.07, 6.45) is -46.2. The first-order chi connectivity index (χ1) is 26.3. The standard InChI is InChI=1S/C30H52O26/c1-6(35)22(12(37)8(3-32)50-28-19(44)14(39)15(40)25(56-28)26(47)48)53-29-20(45)16(41)24(9(4-33)51-29)55-30-21(46)17(42)23(10(5-34)52-30)54-27-18(43)13(38)11(36)7(2-31)49-27/h6-25,27-46H,2-5H2,1H3,(H,47,48)/t6-,7+,8-,9+,10+,11+,12-,13-,14-,15-,16+,17+,18+,19+,20+,21-,22-,23+,24+,25-,27-,28+,29-,30-/m0/s1. The van der Waals surface area contributed by atoms with Crippen LogP contribution < -0.4 is 0 Å². The van der Waals surface area contributed by atoms with Crippen molar-refractivity contribution in [1.82, 2.24) is 0 Å². The zero-order valence-electron chi connectivity index (χ0n) is 29.5. The Balaban J connectivity index is 1.43. The summed E-state index contributed by atoms with van der Waals surface area (Å²) in [5.41, 5.74) is 0. The maximum absolute atomic E-state index is 11.5. The van der Waals surface area contributed by atoms with Gasteiger partial charge in [-0.2, -0.15) is 0 Å². The normalized spacial score (nSPS) is 47.2. The zero-order chi connectivity index (χ0) is 41.9. The number of ether oxygens (including phenoxy) is 8. The van der Waals surface area contributed by atoms with Crippen molar-refractivity contribution in [3.8, 4) is 0 Å². The molecule has 4 aliphatic heterocycles. The summed E-state index contributed by atoms with van der Waals surface area (Å²) in [7, 11) is 0. The molecule has 0 aliphatic carbocycles. The number of hydrogen-bond donors (Lipinski definition) is 17. The van der Waals surface area contributed by atoms with Crippen LogP contribution in [0.4, 0.5) is 0 Å². The molecule has 4 heterocycles. The van der Waals surface area contributed by atoms with E-state index in [1.165, 1.54) is 0 Å². The van der Waals surface area contributed by atoms with E-state index >= 15 is 0 Å². The van der Waals surface area contributed by atoms with Gasteiger partial charge in [0.2, 0.25) is 0 Å². The molecule has 0 aromatic rings. The van der Waals surface area contributed by atoms with Gasteiger partial charge in [0.1, 0.15) is 110 Å². The molecule has 56 heavy (non-hydrogen) atoms. The molecule has 0 bridgehead atoms. The first-order valence-corrected chi connectivity index (χ1v) is 17.4. The van der Waals surface area contributed by atoms with Crippen LogP contribution in [-0.2, 0) is 42.7 Å². The summed E-state index contributed by atoms with van der Waals surface area (Å²) in [5, 5.41) is 175. The van der Waals surface area contributed by atoms with E-state index in [1.807, 2.05) is 0 Å². The Hall–Kier alpha value is -1.49. The Morgan fingerprint density at radius 3 is 1.41 bits per heavy atom. The van der Waals surface area contributed by atoms with E-state index in [4.69, 9.17) is 37.9 Å². The summed E-state index contributed by atoms with van der Waals surface area (Å²) < 4.78 is 43.2. The van der Waals surface area contributed by atoms with E-state index in [-0.39, 0.29) is 0 Å². The number of carboxylic acids is 1. The Bertz CT molecular complexity index is 1210. The molecule has 0 aromatic heterocycles. The number of hydrogen-bond acceptors (Lipinski definition) is 25. The maximum Gasteiger partial charge on any atom is 0.335 e. The van der Waals surface area contributed by atoms with Crippen molar-refractivity contribution in [3.05, 3.63) is 0 Å². The molecule has 0 aromatic carbocycles. The first-order valence-electron chi connectivity index (χ1n) is 17.4. The molecule has 4 saturated heterocycles. The molecule has 17 N–H and O–H groups in total. The fourth-order valence-corrected chi connectivity index (χ4v) is 6.57. The van der Waals surface area contributed by atoms with Crippen molar-refractivity contribution < 1.29 is 130 Å². The van der Waals surface area contributed by atoms with Crippen molar-refractivity contribution in [2.45, 2.75) is 154 Å². The van der Waals surface area contributed by atoms with Gasteiger partial charge in [-0.1, -0.05) is 0 Å². The Labute approximate surface area is 316 Å². The Morgan fingerprint density at radius 1 is 0.536 bits per heavy atom. The highest BCUT2D eigenvalue weighted by Gasteiger charge is 2.55. The Morgan fingerprint density at radius 2 is 0.946 bits per heavy atom. The van der Waals surface area contributed by atoms with Gasteiger partial charge >= 0.3 is 5.97 Å². The number of carbonyl (C=O) groups is 1. The van der Waals surface area contributed by atoms with Crippen LogP contribution in [0.5, 0.6) is 0 Å². The molecule has 26 heteroatoms. The average Bonchev–Trinajstić information content (AvgIpc) is 3.17. The molecule has 24 atom stereocenters. The van der Waals surface area contributed by atoms with Gasteiger partial charge in [0.05, 0.1) is 32.5 Å². The SMILES string of the molecule is C[C@H](O)[C@H](O[C@@H]1O[C@H](CO)[C@@H](O[C@@H]2O[C@H](CO)[C@@H](O[C@@H]3O[C@H](CO)[C@@H](O)[C@H](O)[C@H]3O)[C@H](O)[C@@H]2O)[C@H](O)[C@H]1O)[C@@H](O)[C@H](CO)O[C@@H]1O[C@H](C(=O)O)[C@@H](O)[C@H](O)[C@H]1O. The third kappa shape index (κ3) is 9.92. The van der Waals surface area contributed by atoms with Gasteiger partial charge in [-0.15, -0.1) is 0 Å². The van der Waals surface area contributed by atoms with Gasteiger partial charge < -0.3 is 125 Å². The number of rotatable bonds is 16. The molecule has 0 spiro atoms. The molecular weight excluding hydrogens is 776 g/mol. The summed E-state index contributed by atoms with van der Waals surface area (Å²) >= 11 is 0. The van der Waals surface area contributed by atoms with Crippen molar-refractivity contribution >= 4 is 5.97 Å². The summed E-state index contributed by atoms with van der Waals surface area (Å²) in [5.74, 6) is -1.76. The summed E-state index contributed by atoms with van der Waals surface area (Å²) in [6.45, 7) is -2.84. The van der Waals surface area contributed by atoms with Gasteiger partial charge in [-0.25, -0.2) is 4.79 Å². The minimum absolute atomic E-state index is 0.820. The average molecular weight is 829 g/mol. The Kier molecular flexibility index (Phi) is 17.0. The summed E-state index contributed by atoms with van der Waals surface area (Å²) in [6, 6.07) is 0. The van der Waals surface area contributed by atoms with E-state index in [1.54, 1.807) is 0 Å². The molecule has 4 fully saturated rings. The molecule has 0 amide bonds. The van der Waals surface area contributed by atoms with E-state index < -0.39 is 180 Å². The van der Waals surface area contributed by atoms with Gasteiger partial charge in [0.25, 0.3) is 0 Å². The smallest absolute Gasteiger partial charge is 0.335 e. The molecule has 4 aliphatic rings. The maximum atomic E-state index is 11.5. The molecule has 328 valence electrons. The van der Waals surface area contributed by atoms with Crippen LogP contribution in [0.3, 0.4) is 0 Å². The number of aliphatic hydroxyl groups is 16. The second-order valence-corrected chi connectivity index (χ2v) is 13.7. The van der Waals surface area contributed by atoms with Crippen LogP contribution >= 0.6 is 0 Å². The van der Waals surface area contributed by atoms with Crippen LogP contribution in [0.2, 0.25) is 0 Å². The predicted octanol–water partition coefficient (Wildman–Crippen LogP) is -11.2. The van der Waals surface area contributed by atoms with Crippen LogP contribution in [0.25, 0.3) is 0 Å². The monoisotopic (exact) mass is 828 g/mol. The number of aliphatic hydroxyl groups excluding tert-OH is 16. The van der Waals surface area contributed by atoms with Crippen molar-refractivity contribution in [2.75, 3.05) is 26.4 Å². The second kappa shape index (κ2) is 20.2. The second-order valence-electron chi connectivity index (χ2n) is 13.7. The fourth-order valence-electron chi connectivity index (χ4n) is 6.57. The third-order valence-corrected chi connectivity index (χ3v) is 9.86. The minimum atomic E-state index is -2.16. The highest BCUT2D eigenvalue weighted by molar-refractivity contribution is 5.73. The minimum Gasteiger partial charge on any atom is -0.479 e. The van der Waals surface area contributed by atoms with Gasteiger partial charge in [0, 0.05) is 0 Å². The highest BCUT2D eigenvalue weighted by Crippen LogP contribution is 2.34. The zero-order valence-corrected chi connectivity index (χ0v) is 29.5. The molecule has 4 rings (SSSR count). The first kappa shape index (κ1) is 47.2. The van der Waals surface area contributed by atoms with E-state index in [0.29, 0.717) is 0 Å². The van der Waals surface area contributed by atoms with Crippen molar-refractivity contribution in [2.24, 2.45) is 0 Å². The van der Waals surface area contributed by atoms with Crippen LogP contribution in [-0.4, -0.2) is 266 Å². The molecule has 0 saturated carbocycles. The van der Waals surface area contributed by atoms with E-state index in [9.17, 15) is 91.6 Å². The lowest BCUT2D eigenvalue weighted by Gasteiger charge is -2.48. The predicted molar refractivity (Wildman–Crippen MR) is 168 cm³/mol. The van der Waals surface area contributed by atoms with E-state index in [2.05, 4.69) is 0 Å². The molecule has 0 unspecified atom stereocenters. The molecule has 26 nitrogen and oxygen atoms in total. The fraction of sp³-hybridized carbons (Fsp3) is 0.967. The number of carboxylic acid groups (broad SMARTS) is 1. The van der Waals surface area contributed by atoms with Gasteiger partial charge in [0.15, 0.2) is 31.3 Å². The third-order valence-electron chi connectivity index (χ3n) is 9.86.